The van der Waals surface area contributed by atoms with Crippen LogP contribution < -0.4 is 15.8 Å². The van der Waals surface area contributed by atoms with Crippen molar-refractivity contribution >= 4 is 35.8 Å². The lowest BCUT2D eigenvalue weighted by Crippen LogP contribution is -2.43. The summed E-state index contributed by atoms with van der Waals surface area (Å²) in [6.07, 6.45) is 1.27. The number of likely N-dealkylation sites (tertiary alicyclic amines) is 1. The van der Waals surface area contributed by atoms with Crippen LogP contribution in [0.15, 0.2) is 18.2 Å². The second-order valence-electron chi connectivity index (χ2n) is 8.42. The second kappa shape index (κ2) is 8.64. The van der Waals surface area contributed by atoms with Crippen LogP contribution >= 0.6 is 12.4 Å². The lowest BCUT2D eigenvalue weighted by atomic mass is 9.73. The van der Waals surface area contributed by atoms with E-state index in [4.69, 9.17) is 15.2 Å². The third-order valence-electron chi connectivity index (χ3n) is 6.41. The Hall–Kier alpha value is -2.36. The predicted molar refractivity (Wildman–Crippen MR) is 116 cm³/mol. The molecule has 9 nitrogen and oxygen atoms in total. The molecule has 170 valence electrons. The number of nitrogens with two attached hydrogens (primary N) is 1. The third-order valence-corrected chi connectivity index (χ3v) is 6.41. The standard InChI is InChI=1S/C21H28N4O5.ClH/c1-24(2)19(27)13-10-12(4-5-14(13)29-3)23-18(26)16-15-6-7-21(30-15)11-25(9-8-22)20(28)17(16)21;/h4-5,10,15-17H,6-9,11,22H2,1-3H3,(H,23,26);1H/t15-,16-,17+,21-;/m0./s1. The van der Waals surface area contributed by atoms with Crippen molar-refractivity contribution in [1.82, 2.24) is 9.80 Å². The van der Waals surface area contributed by atoms with Crippen LogP contribution in [0.2, 0.25) is 0 Å². The summed E-state index contributed by atoms with van der Waals surface area (Å²) in [6, 6.07) is 4.93. The molecule has 3 N–H and O–H groups in total. The van der Waals surface area contributed by atoms with E-state index in [0.29, 0.717) is 36.6 Å². The number of rotatable bonds is 6. The highest BCUT2D eigenvalue weighted by atomic mass is 35.5. The molecule has 0 radical (unpaired) electrons. The summed E-state index contributed by atoms with van der Waals surface area (Å²) >= 11 is 0. The summed E-state index contributed by atoms with van der Waals surface area (Å²) in [5, 5.41) is 2.89. The van der Waals surface area contributed by atoms with Crippen LogP contribution in [0.1, 0.15) is 23.2 Å². The van der Waals surface area contributed by atoms with Crippen LogP contribution in [0, 0.1) is 11.8 Å². The van der Waals surface area contributed by atoms with Gasteiger partial charge in [-0.1, -0.05) is 0 Å². The number of carbonyl (C=O) groups is 3. The molecule has 10 heteroatoms. The quantitative estimate of drug-likeness (QED) is 0.657. The number of fused-ring (bicyclic) bond motifs is 1. The number of methoxy groups -OCH3 is 1. The Morgan fingerprint density at radius 2 is 2.13 bits per heavy atom. The Balaban J connectivity index is 0.00000272. The molecule has 31 heavy (non-hydrogen) atoms. The van der Waals surface area contributed by atoms with E-state index in [1.807, 2.05) is 0 Å². The molecule has 3 amide bonds. The molecule has 1 aromatic carbocycles. The van der Waals surface area contributed by atoms with Gasteiger partial charge in [-0.25, -0.2) is 0 Å². The monoisotopic (exact) mass is 452 g/mol. The largest absolute Gasteiger partial charge is 0.496 e. The van der Waals surface area contributed by atoms with Gasteiger partial charge in [0.25, 0.3) is 5.91 Å². The molecule has 2 bridgehead atoms. The van der Waals surface area contributed by atoms with E-state index in [1.54, 1.807) is 37.2 Å². The number of ether oxygens (including phenoxy) is 2. The van der Waals surface area contributed by atoms with Gasteiger partial charge in [0, 0.05) is 32.9 Å². The topological polar surface area (TPSA) is 114 Å². The summed E-state index contributed by atoms with van der Waals surface area (Å²) in [5.41, 5.74) is 5.89. The molecule has 3 heterocycles. The Labute approximate surface area is 187 Å². The number of nitrogens with zero attached hydrogens (tertiary/aromatic N) is 2. The normalized spacial score (nSPS) is 28.2. The first-order chi connectivity index (χ1) is 14.3. The first-order valence-corrected chi connectivity index (χ1v) is 10.2. The molecule has 0 aliphatic carbocycles. The third kappa shape index (κ3) is 3.75. The van der Waals surface area contributed by atoms with E-state index in [9.17, 15) is 14.4 Å². The Bertz CT molecular complexity index is 895. The zero-order chi connectivity index (χ0) is 21.6. The van der Waals surface area contributed by atoms with E-state index in [1.165, 1.54) is 12.0 Å². The van der Waals surface area contributed by atoms with Gasteiger partial charge in [-0.05, 0) is 31.0 Å². The van der Waals surface area contributed by atoms with E-state index in [-0.39, 0.29) is 36.2 Å². The van der Waals surface area contributed by atoms with Gasteiger partial charge in [0.15, 0.2) is 0 Å². The Morgan fingerprint density at radius 3 is 2.77 bits per heavy atom. The van der Waals surface area contributed by atoms with Crippen LogP contribution in [0.25, 0.3) is 0 Å². The molecule has 0 aromatic heterocycles. The van der Waals surface area contributed by atoms with Crippen LogP contribution in [-0.2, 0) is 14.3 Å². The fourth-order valence-corrected chi connectivity index (χ4v) is 5.11. The summed E-state index contributed by atoms with van der Waals surface area (Å²) < 4.78 is 11.5. The first-order valence-electron chi connectivity index (χ1n) is 10.2. The number of carbonyl (C=O) groups excluding carboxylic acids is 3. The number of benzene rings is 1. The number of hydrogen-bond acceptors (Lipinski definition) is 6. The number of halogens is 1. The summed E-state index contributed by atoms with van der Waals surface area (Å²) in [4.78, 5) is 41.8. The average molecular weight is 453 g/mol. The van der Waals surface area contributed by atoms with Crippen LogP contribution in [0.4, 0.5) is 5.69 Å². The maximum absolute atomic E-state index is 13.2. The minimum absolute atomic E-state index is 0. The smallest absolute Gasteiger partial charge is 0.257 e. The predicted octanol–water partition coefficient (Wildman–Crippen LogP) is 0.722. The van der Waals surface area contributed by atoms with Crippen molar-refractivity contribution in [3.05, 3.63) is 23.8 Å². The summed E-state index contributed by atoms with van der Waals surface area (Å²) in [6.45, 7) is 1.34. The molecule has 1 aromatic rings. The zero-order valence-electron chi connectivity index (χ0n) is 17.9. The molecule has 4 rings (SSSR count). The molecule has 3 saturated heterocycles. The van der Waals surface area contributed by atoms with Crippen LogP contribution in [0.5, 0.6) is 5.75 Å². The van der Waals surface area contributed by atoms with Crippen molar-refractivity contribution in [2.45, 2.75) is 24.5 Å². The zero-order valence-corrected chi connectivity index (χ0v) is 18.7. The molecular formula is C21H29ClN4O5. The lowest BCUT2D eigenvalue weighted by Gasteiger charge is -2.27. The van der Waals surface area contributed by atoms with E-state index in [2.05, 4.69) is 5.32 Å². The molecule has 1 spiro atoms. The number of amides is 3. The number of hydrogen-bond donors (Lipinski definition) is 2. The summed E-state index contributed by atoms with van der Waals surface area (Å²) in [7, 11) is 4.79. The molecule has 3 fully saturated rings. The highest BCUT2D eigenvalue weighted by molar-refractivity contribution is 6.01. The minimum atomic E-state index is -0.578. The van der Waals surface area contributed by atoms with Gasteiger partial charge < -0.3 is 30.3 Å². The van der Waals surface area contributed by atoms with Gasteiger partial charge in [-0.2, -0.15) is 0 Å². The Kier molecular flexibility index (Phi) is 6.50. The van der Waals surface area contributed by atoms with Crippen LogP contribution in [-0.4, -0.2) is 80.1 Å². The Morgan fingerprint density at radius 1 is 1.39 bits per heavy atom. The maximum atomic E-state index is 13.2. The van der Waals surface area contributed by atoms with E-state index in [0.717, 1.165) is 12.8 Å². The molecule has 3 aliphatic heterocycles. The lowest BCUT2D eigenvalue weighted by molar-refractivity contribution is -0.136. The number of nitrogens with one attached hydrogen (secondary N) is 1. The van der Waals surface area contributed by atoms with E-state index < -0.39 is 17.4 Å². The molecule has 4 atom stereocenters. The van der Waals surface area contributed by atoms with Crippen molar-refractivity contribution in [3.63, 3.8) is 0 Å². The molecule has 0 saturated carbocycles. The minimum Gasteiger partial charge on any atom is -0.496 e. The average Bonchev–Trinajstić information content (AvgIpc) is 3.36. The highest BCUT2D eigenvalue weighted by Crippen LogP contribution is 2.55. The van der Waals surface area contributed by atoms with E-state index >= 15 is 0 Å². The SMILES string of the molecule is COc1ccc(NC(=O)[C@H]2[C@@H]3CC[C@@]4(CN(CCN)C(=O)[C@@H]24)O3)cc1C(=O)N(C)C.Cl. The maximum Gasteiger partial charge on any atom is 0.257 e. The van der Waals surface area contributed by atoms with Gasteiger partial charge in [-0.15, -0.1) is 12.4 Å². The molecule has 0 unspecified atom stereocenters. The fraction of sp³-hybridized carbons (Fsp3) is 0.571. The van der Waals surface area contributed by atoms with Gasteiger partial charge in [0.1, 0.15) is 5.75 Å². The van der Waals surface area contributed by atoms with Crippen molar-refractivity contribution in [1.29, 1.82) is 0 Å². The van der Waals surface area contributed by atoms with Crippen molar-refractivity contribution < 1.29 is 23.9 Å². The van der Waals surface area contributed by atoms with Gasteiger partial charge in [0.05, 0.1) is 42.8 Å². The molecule has 3 aliphatic rings. The van der Waals surface area contributed by atoms with Gasteiger partial charge >= 0.3 is 0 Å². The van der Waals surface area contributed by atoms with Crippen LogP contribution in [0.3, 0.4) is 0 Å². The second-order valence-corrected chi connectivity index (χ2v) is 8.42. The molecular weight excluding hydrogens is 424 g/mol. The van der Waals surface area contributed by atoms with Crippen molar-refractivity contribution in [2.24, 2.45) is 17.6 Å². The fourth-order valence-electron chi connectivity index (χ4n) is 5.11. The van der Waals surface area contributed by atoms with Crippen molar-refractivity contribution in [3.8, 4) is 5.75 Å². The van der Waals surface area contributed by atoms with Crippen molar-refractivity contribution in [2.75, 3.05) is 46.2 Å². The van der Waals surface area contributed by atoms with Gasteiger partial charge in [-0.3, -0.25) is 14.4 Å². The number of anilines is 1. The highest BCUT2D eigenvalue weighted by Gasteiger charge is 2.68. The first kappa shape index (κ1) is 23.3. The van der Waals surface area contributed by atoms with Gasteiger partial charge in [0.2, 0.25) is 11.8 Å². The summed E-state index contributed by atoms with van der Waals surface area (Å²) in [5.74, 6) is -1.15.